The SMILES string of the molecule is CCC1CN(C(=O)c2ccnc3[nH]ncc23)C(CC)CO1. The topological polar surface area (TPSA) is 71.1 Å². The first kappa shape index (κ1) is 14.0. The van der Waals surface area contributed by atoms with Gasteiger partial charge in [-0.25, -0.2) is 4.98 Å². The van der Waals surface area contributed by atoms with Gasteiger partial charge in [-0.2, -0.15) is 5.10 Å². The maximum atomic E-state index is 12.9. The van der Waals surface area contributed by atoms with Crippen LogP contribution in [0.3, 0.4) is 0 Å². The van der Waals surface area contributed by atoms with E-state index in [1.807, 2.05) is 4.90 Å². The Kier molecular flexibility index (Phi) is 3.88. The zero-order valence-electron chi connectivity index (χ0n) is 12.4. The Labute approximate surface area is 123 Å². The van der Waals surface area contributed by atoms with Crippen LogP contribution < -0.4 is 0 Å². The predicted molar refractivity (Wildman–Crippen MR) is 79.0 cm³/mol. The zero-order valence-corrected chi connectivity index (χ0v) is 12.4. The summed E-state index contributed by atoms with van der Waals surface area (Å²) in [7, 11) is 0. The number of carbonyl (C=O) groups is 1. The number of carbonyl (C=O) groups excluding carboxylic acids is 1. The van der Waals surface area contributed by atoms with E-state index < -0.39 is 0 Å². The Balaban J connectivity index is 1.93. The number of fused-ring (bicyclic) bond motifs is 1. The molecular weight excluding hydrogens is 268 g/mol. The Morgan fingerprint density at radius 3 is 3.10 bits per heavy atom. The fourth-order valence-electron chi connectivity index (χ4n) is 2.78. The van der Waals surface area contributed by atoms with Gasteiger partial charge in [0, 0.05) is 12.7 Å². The van der Waals surface area contributed by atoms with Gasteiger partial charge in [0.1, 0.15) is 0 Å². The molecule has 0 saturated carbocycles. The molecule has 1 N–H and O–H groups in total. The lowest BCUT2D eigenvalue weighted by Crippen LogP contribution is -2.51. The number of aromatic amines is 1. The maximum absolute atomic E-state index is 12.9. The summed E-state index contributed by atoms with van der Waals surface area (Å²) in [5.74, 6) is 0.0393. The molecule has 3 rings (SSSR count). The molecule has 0 spiro atoms. The first-order valence-corrected chi connectivity index (χ1v) is 7.45. The zero-order chi connectivity index (χ0) is 14.8. The maximum Gasteiger partial charge on any atom is 0.255 e. The third-order valence-electron chi connectivity index (χ3n) is 4.14. The minimum absolute atomic E-state index is 0.0393. The van der Waals surface area contributed by atoms with Gasteiger partial charge in [-0.15, -0.1) is 0 Å². The van der Waals surface area contributed by atoms with E-state index in [1.165, 1.54) is 0 Å². The van der Waals surface area contributed by atoms with Crippen LogP contribution in [0.5, 0.6) is 0 Å². The summed E-state index contributed by atoms with van der Waals surface area (Å²) < 4.78 is 5.79. The molecule has 6 nitrogen and oxygen atoms in total. The largest absolute Gasteiger partial charge is 0.374 e. The highest BCUT2D eigenvalue weighted by Gasteiger charge is 2.31. The highest BCUT2D eigenvalue weighted by atomic mass is 16.5. The van der Waals surface area contributed by atoms with Gasteiger partial charge in [-0.05, 0) is 18.9 Å². The summed E-state index contributed by atoms with van der Waals surface area (Å²) in [5, 5.41) is 7.56. The Morgan fingerprint density at radius 1 is 1.48 bits per heavy atom. The van der Waals surface area contributed by atoms with Crippen molar-refractivity contribution in [3.05, 3.63) is 24.0 Å². The van der Waals surface area contributed by atoms with E-state index >= 15 is 0 Å². The average molecular weight is 288 g/mol. The summed E-state index contributed by atoms with van der Waals surface area (Å²) in [6, 6.07) is 1.90. The van der Waals surface area contributed by atoms with E-state index in [2.05, 4.69) is 29.0 Å². The van der Waals surface area contributed by atoms with Crippen LogP contribution in [0.1, 0.15) is 37.0 Å². The van der Waals surface area contributed by atoms with Gasteiger partial charge in [-0.3, -0.25) is 9.89 Å². The van der Waals surface area contributed by atoms with Crippen LogP contribution in [-0.4, -0.2) is 51.3 Å². The molecule has 21 heavy (non-hydrogen) atoms. The van der Waals surface area contributed by atoms with Crippen molar-refractivity contribution in [2.45, 2.75) is 38.8 Å². The molecule has 0 aliphatic carbocycles. The number of aromatic nitrogens is 3. The number of H-pyrrole nitrogens is 1. The molecule has 1 aliphatic rings. The summed E-state index contributed by atoms with van der Waals surface area (Å²) >= 11 is 0. The minimum atomic E-state index is 0.0393. The Bertz CT molecular complexity index is 639. The number of amides is 1. The third kappa shape index (κ3) is 2.51. The van der Waals surface area contributed by atoms with Gasteiger partial charge in [0.2, 0.25) is 0 Å². The van der Waals surface area contributed by atoms with Crippen molar-refractivity contribution >= 4 is 16.9 Å². The van der Waals surface area contributed by atoms with Gasteiger partial charge >= 0.3 is 0 Å². The van der Waals surface area contributed by atoms with E-state index in [4.69, 9.17) is 4.74 Å². The standard InChI is InChI=1S/C15H20N4O2/c1-3-10-9-21-11(4-2)8-19(10)15(20)12-5-6-16-14-13(12)7-17-18-14/h5-7,10-11H,3-4,8-9H2,1-2H3,(H,16,17,18). The van der Waals surface area contributed by atoms with Crippen molar-refractivity contribution in [1.29, 1.82) is 0 Å². The molecule has 1 amide bonds. The number of nitrogens with zero attached hydrogens (tertiary/aromatic N) is 3. The molecule has 2 aromatic heterocycles. The molecule has 112 valence electrons. The molecule has 6 heteroatoms. The highest BCUT2D eigenvalue weighted by Crippen LogP contribution is 2.22. The Morgan fingerprint density at radius 2 is 2.33 bits per heavy atom. The number of pyridine rings is 1. The molecule has 2 unspecified atom stereocenters. The summed E-state index contributed by atoms with van der Waals surface area (Å²) in [6.45, 7) is 5.43. The second-order valence-electron chi connectivity index (χ2n) is 5.37. The molecule has 0 radical (unpaired) electrons. The third-order valence-corrected chi connectivity index (χ3v) is 4.14. The molecule has 3 heterocycles. The van der Waals surface area contributed by atoms with Crippen molar-refractivity contribution in [3.8, 4) is 0 Å². The number of morpholine rings is 1. The van der Waals surface area contributed by atoms with E-state index in [0.29, 0.717) is 24.4 Å². The lowest BCUT2D eigenvalue weighted by molar-refractivity contribution is -0.0534. The smallest absolute Gasteiger partial charge is 0.255 e. The van der Waals surface area contributed by atoms with Gasteiger partial charge < -0.3 is 9.64 Å². The second kappa shape index (κ2) is 5.81. The monoisotopic (exact) mass is 288 g/mol. The van der Waals surface area contributed by atoms with Gasteiger partial charge in [0.15, 0.2) is 5.65 Å². The predicted octanol–water partition coefficient (Wildman–Crippen LogP) is 1.99. The van der Waals surface area contributed by atoms with Crippen LogP contribution in [0, 0.1) is 0 Å². The highest BCUT2D eigenvalue weighted by molar-refractivity contribution is 6.05. The molecule has 1 aliphatic heterocycles. The van der Waals surface area contributed by atoms with Crippen LogP contribution >= 0.6 is 0 Å². The number of nitrogens with one attached hydrogen (secondary N) is 1. The quantitative estimate of drug-likeness (QED) is 0.937. The molecule has 2 atom stereocenters. The van der Waals surface area contributed by atoms with Crippen molar-refractivity contribution in [3.63, 3.8) is 0 Å². The van der Waals surface area contributed by atoms with Crippen molar-refractivity contribution < 1.29 is 9.53 Å². The van der Waals surface area contributed by atoms with Crippen molar-refractivity contribution in [2.75, 3.05) is 13.2 Å². The summed E-state index contributed by atoms with van der Waals surface area (Å²) in [4.78, 5) is 19.1. The fourth-order valence-corrected chi connectivity index (χ4v) is 2.78. The van der Waals surface area contributed by atoms with Crippen LogP contribution in [0.15, 0.2) is 18.5 Å². The molecular formula is C15H20N4O2. The molecule has 0 aromatic carbocycles. The normalized spacial score (nSPS) is 22.7. The van der Waals surface area contributed by atoms with E-state index in [1.54, 1.807) is 18.5 Å². The van der Waals surface area contributed by atoms with Gasteiger partial charge in [0.05, 0.1) is 35.9 Å². The molecule has 0 bridgehead atoms. The fraction of sp³-hybridized carbons (Fsp3) is 0.533. The van der Waals surface area contributed by atoms with E-state index in [9.17, 15) is 4.79 Å². The van der Waals surface area contributed by atoms with Crippen molar-refractivity contribution in [2.24, 2.45) is 0 Å². The Hall–Kier alpha value is -1.95. The summed E-state index contributed by atoms with van der Waals surface area (Å²) in [6.07, 6.45) is 5.23. The number of ether oxygens (including phenoxy) is 1. The average Bonchev–Trinajstić information content (AvgIpc) is 3.02. The van der Waals surface area contributed by atoms with Crippen LogP contribution in [-0.2, 0) is 4.74 Å². The van der Waals surface area contributed by atoms with Crippen LogP contribution in [0.25, 0.3) is 11.0 Å². The number of rotatable bonds is 3. The number of hydrogen-bond donors (Lipinski definition) is 1. The van der Waals surface area contributed by atoms with E-state index in [0.717, 1.165) is 18.2 Å². The first-order chi connectivity index (χ1) is 10.2. The van der Waals surface area contributed by atoms with Gasteiger partial charge in [0.25, 0.3) is 5.91 Å². The minimum Gasteiger partial charge on any atom is -0.374 e. The van der Waals surface area contributed by atoms with Crippen LogP contribution in [0.4, 0.5) is 0 Å². The van der Waals surface area contributed by atoms with Crippen LogP contribution in [0.2, 0.25) is 0 Å². The number of hydrogen-bond acceptors (Lipinski definition) is 4. The molecule has 1 fully saturated rings. The molecule has 1 saturated heterocycles. The van der Waals surface area contributed by atoms with E-state index in [-0.39, 0.29) is 18.1 Å². The lowest BCUT2D eigenvalue weighted by atomic mass is 10.1. The van der Waals surface area contributed by atoms with Gasteiger partial charge in [-0.1, -0.05) is 13.8 Å². The first-order valence-electron chi connectivity index (χ1n) is 7.45. The second-order valence-corrected chi connectivity index (χ2v) is 5.37. The lowest BCUT2D eigenvalue weighted by Gasteiger charge is -2.39. The summed E-state index contributed by atoms with van der Waals surface area (Å²) in [5.41, 5.74) is 1.30. The molecule has 2 aromatic rings. The van der Waals surface area contributed by atoms with Crippen molar-refractivity contribution in [1.82, 2.24) is 20.1 Å².